The summed E-state index contributed by atoms with van der Waals surface area (Å²) in [5.41, 5.74) is 2.30. The maximum atomic E-state index is 9.41. The maximum Gasteiger partial charge on any atom is 0.239 e. The fraction of sp³-hybridized carbons (Fsp3) is 0.500. The molecule has 8 heteroatoms. The Hall–Kier alpha value is -1.15. The topological polar surface area (TPSA) is 105 Å². The molecule has 0 aliphatic rings. The number of anilines is 2. The Bertz CT molecular complexity index is 338. The molecule has 1 unspecified atom stereocenters. The summed E-state index contributed by atoms with van der Waals surface area (Å²) < 4.78 is 4.78. The van der Waals surface area contributed by atoms with Crippen LogP contribution in [0.4, 0.5) is 11.8 Å². The molecule has 0 saturated heterocycles. The van der Waals surface area contributed by atoms with Crippen molar-refractivity contribution in [2.75, 3.05) is 31.0 Å². The zero-order valence-electron chi connectivity index (χ0n) is 8.77. The van der Waals surface area contributed by atoms with Crippen molar-refractivity contribution in [1.82, 2.24) is 9.97 Å². The Morgan fingerprint density at radius 3 is 3.06 bits per heavy atom. The molecule has 0 saturated carbocycles. The summed E-state index contributed by atoms with van der Waals surface area (Å²) >= 11 is 5.84. The van der Waals surface area contributed by atoms with Gasteiger partial charge in [-0.1, -0.05) is 11.6 Å². The van der Waals surface area contributed by atoms with E-state index in [1.807, 2.05) is 0 Å². The van der Waals surface area contributed by atoms with Crippen molar-refractivity contribution in [2.45, 2.75) is 6.10 Å². The van der Waals surface area contributed by atoms with Crippen LogP contribution in [-0.4, -0.2) is 41.4 Å². The first-order valence-corrected chi connectivity index (χ1v) is 4.95. The van der Waals surface area contributed by atoms with Crippen LogP contribution in [0.25, 0.3) is 0 Å². The van der Waals surface area contributed by atoms with Crippen LogP contribution in [0.3, 0.4) is 0 Å². The van der Waals surface area contributed by atoms with Crippen LogP contribution in [0.5, 0.6) is 0 Å². The average Bonchev–Trinajstić information content (AvgIpc) is 2.28. The number of hydrazine groups is 1. The lowest BCUT2D eigenvalue weighted by Gasteiger charge is -2.12. The lowest BCUT2D eigenvalue weighted by Crippen LogP contribution is -2.25. The highest BCUT2D eigenvalue weighted by molar-refractivity contribution is 6.32. The lowest BCUT2D eigenvalue weighted by molar-refractivity contribution is 0.0727. The summed E-state index contributed by atoms with van der Waals surface area (Å²) in [6.07, 6.45) is 0.778. The van der Waals surface area contributed by atoms with E-state index in [4.69, 9.17) is 22.2 Å². The summed E-state index contributed by atoms with van der Waals surface area (Å²) in [7, 11) is 1.51. The van der Waals surface area contributed by atoms with Gasteiger partial charge in [0.1, 0.15) is 5.02 Å². The Labute approximate surface area is 98.0 Å². The molecular formula is C8H14ClN5O2. The van der Waals surface area contributed by atoms with Crippen LogP contribution >= 0.6 is 11.6 Å². The Morgan fingerprint density at radius 2 is 2.44 bits per heavy atom. The van der Waals surface area contributed by atoms with Gasteiger partial charge in [0.25, 0.3) is 0 Å². The first kappa shape index (κ1) is 12.9. The van der Waals surface area contributed by atoms with Gasteiger partial charge < -0.3 is 15.2 Å². The third-order valence-corrected chi connectivity index (χ3v) is 2.01. The minimum atomic E-state index is -0.634. The number of aliphatic hydroxyl groups is 1. The van der Waals surface area contributed by atoms with Gasteiger partial charge in [-0.05, 0) is 0 Å². The van der Waals surface area contributed by atoms with Crippen molar-refractivity contribution in [1.29, 1.82) is 0 Å². The highest BCUT2D eigenvalue weighted by Crippen LogP contribution is 2.18. The number of aromatic nitrogens is 2. The molecule has 1 aromatic heterocycles. The van der Waals surface area contributed by atoms with Gasteiger partial charge in [-0.3, -0.25) is 5.43 Å². The molecule has 1 aromatic rings. The number of rotatable bonds is 6. The number of nitrogens with one attached hydrogen (secondary N) is 2. The second-order valence-corrected chi connectivity index (χ2v) is 3.43. The molecule has 1 atom stereocenters. The van der Waals surface area contributed by atoms with Crippen LogP contribution in [0.15, 0.2) is 6.20 Å². The number of hydrogen-bond acceptors (Lipinski definition) is 7. The number of halogens is 1. The summed E-state index contributed by atoms with van der Waals surface area (Å²) in [5, 5.41) is 12.6. The van der Waals surface area contributed by atoms with Crippen molar-refractivity contribution in [2.24, 2.45) is 5.84 Å². The van der Waals surface area contributed by atoms with Crippen LogP contribution in [0.2, 0.25) is 5.02 Å². The van der Waals surface area contributed by atoms with E-state index < -0.39 is 6.10 Å². The molecule has 1 rings (SSSR count). The van der Waals surface area contributed by atoms with Gasteiger partial charge in [0.05, 0.1) is 18.9 Å². The Morgan fingerprint density at radius 1 is 1.69 bits per heavy atom. The Balaban J connectivity index is 2.58. The molecule has 1 heterocycles. The normalized spacial score (nSPS) is 12.2. The van der Waals surface area contributed by atoms with Crippen LogP contribution in [0, 0.1) is 0 Å². The molecule has 0 radical (unpaired) electrons. The highest BCUT2D eigenvalue weighted by Gasteiger charge is 2.07. The van der Waals surface area contributed by atoms with Gasteiger partial charge in [0, 0.05) is 13.7 Å². The summed E-state index contributed by atoms with van der Waals surface area (Å²) in [5.74, 6) is 5.80. The largest absolute Gasteiger partial charge is 0.389 e. The molecule has 7 nitrogen and oxygen atoms in total. The molecule has 0 aliphatic heterocycles. The molecule has 90 valence electrons. The quantitative estimate of drug-likeness (QED) is 0.409. The number of aliphatic hydroxyl groups excluding tert-OH is 1. The van der Waals surface area contributed by atoms with Crippen molar-refractivity contribution < 1.29 is 9.84 Å². The van der Waals surface area contributed by atoms with E-state index in [-0.39, 0.29) is 19.1 Å². The molecule has 0 aliphatic carbocycles. The fourth-order valence-corrected chi connectivity index (χ4v) is 1.18. The maximum absolute atomic E-state index is 9.41. The molecule has 16 heavy (non-hydrogen) atoms. The van der Waals surface area contributed by atoms with Gasteiger partial charge in [-0.2, -0.15) is 4.98 Å². The van der Waals surface area contributed by atoms with Gasteiger partial charge in [0.2, 0.25) is 5.95 Å². The second-order valence-electron chi connectivity index (χ2n) is 3.02. The van der Waals surface area contributed by atoms with Crippen molar-refractivity contribution in [3.63, 3.8) is 0 Å². The predicted octanol–water partition coefficient (Wildman–Crippen LogP) is -0.165. The Kier molecular flexibility index (Phi) is 5.20. The van der Waals surface area contributed by atoms with E-state index in [9.17, 15) is 5.11 Å². The first-order valence-electron chi connectivity index (χ1n) is 4.57. The smallest absolute Gasteiger partial charge is 0.239 e. The number of ether oxygens (including phenoxy) is 1. The summed E-state index contributed by atoms with van der Waals surface area (Å²) in [6.45, 7) is 0.506. The molecule has 0 spiro atoms. The lowest BCUT2D eigenvalue weighted by atomic mass is 10.4. The molecule has 5 N–H and O–H groups in total. The molecule has 0 aromatic carbocycles. The zero-order valence-corrected chi connectivity index (χ0v) is 9.53. The number of nitrogen functional groups attached to an aromatic ring is 1. The SMILES string of the molecule is COCC(O)CNc1nc(NN)ncc1Cl. The number of hydrogen-bond donors (Lipinski definition) is 4. The average molecular weight is 248 g/mol. The van der Waals surface area contributed by atoms with E-state index in [0.29, 0.717) is 10.8 Å². The highest BCUT2D eigenvalue weighted by atomic mass is 35.5. The van der Waals surface area contributed by atoms with E-state index in [2.05, 4.69) is 20.7 Å². The predicted molar refractivity (Wildman–Crippen MR) is 61.2 cm³/mol. The van der Waals surface area contributed by atoms with Crippen LogP contribution in [0.1, 0.15) is 0 Å². The minimum Gasteiger partial charge on any atom is -0.389 e. The molecule has 0 amide bonds. The van der Waals surface area contributed by atoms with E-state index in [0.717, 1.165) is 0 Å². The van der Waals surface area contributed by atoms with Crippen molar-refractivity contribution >= 4 is 23.4 Å². The van der Waals surface area contributed by atoms with Gasteiger partial charge in [-0.15, -0.1) is 0 Å². The first-order chi connectivity index (χ1) is 7.67. The molecule has 0 fully saturated rings. The number of nitrogens with zero attached hydrogens (tertiary/aromatic N) is 2. The standard InChI is InChI=1S/C8H14ClN5O2/c1-16-4-5(15)2-11-7-6(9)3-12-8(13-7)14-10/h3,5,15H,2,4,10H2,1H3,(H2,11,12,13,14). The minimum absolute atomic E-state index is 0.234. The van der Waals surface area contributed by atoms with Gasteiger partial charge >= 0.3 is 0 Å². The van der Waals surface area contributed by atoms with E-state index in [1.54, 1.807) is 0 Å². The van der Waals surface area contributed by atoms with E-state index >= 15 is 0 Å². The fourth-order valence-electron chi connectivity index (χ4n) is 1.03. The van der Waals surface area contributed by atoms with Crippen LogP contribution < -0.4 is 16.6 Å². The van der Waals surface area contributed by atoms with Crippen LogP contribution in [-0.2, 0) is 4.74 Å². The zero-order chi connectivity index (χ0) is 12.0. The monoisotopic (exact) mass is 247 g/mol. The molecule has 0 bridgehead atoms. The third kappa shape index (κ3) is 3.78. The number of nitrogens with two attached hydrogens (primary N) is 1. The summed E-state index contributed by atoms with van der Waals surface area (Å²) in [6, 6.07) is 0. The number of methoxy groups -OCH3 is 1. The summed E-state index contributed by atoms with van der Waals surface area (Å²) in [4.78, 5) is 7.80. The second kappa shape index (κ2) is 6.44. The van der Waals surface area contributed by atoms with Gasteiger partial charge in [0.15, 0.2) is 5.82 Å². The van der Waals surface area contributed by atoms with E-state index in [1.165, 1.54) is 13.3 Å². The molecular weight excluding hydrogens is 234 g/mol. The third-order valence-electron chi connectivity index (χ3n) is 1.74. The van der Waals surface area contributed by atoms with Gasteiger partial charge in [-0.25, -0.2) is 10.8 Å². The van der Waals surface area contributed by atoms with Crippen molar-refractivity contribution in [3.05, 3.63) is 11.2 Å². The van der Waals surface area contributed by atoms with Crippen molar-refractivity contribution in [3.8, 4) is 0 Å².